The van der Waals surface area contributed by atoms with E-state index in [4.69, 9.17) is 4.74 Å². The second-order valence-corrected chi connectivity index (χ2v) is 5.42. The van der Waals surface area contributed by atoms with E-state index in [1.54, 1.807) is 0 Å². The Balaban J connectivity index is 2.88. The molecule has 1 N–H and O–H groups in total. The van der Waals surface area contributed by atoms with Gasteiger partial charge in [0.1, 0.15) is 6.04 Å². The molecule has 3 unspecified atom stereocenters. The van der Waals surface area contributed by atoms with Gasteiger partial charge in [-0.3, -0.25) is 10.1 Å². The first-order chi connectivity index (χ1) is 9.53. The van der Waals surface area contributed by atoms with Gasteiger partial charge in [0.2, 0.25) is 0 Å². The number of nitrogens with one attached hydrogen (secondary N) is 1. The molecule has 0 aliphatic carbocycles. The molecule has 0 saturated heterocycles. The molecule has 1 aromatic carbocycles. The van der Waals surface area contributed by atoms with Gasteiger partial charge >= 0.3 is 5.97 Å². The van der Waals surface area contributed by atoms with Gasteiger partial charge in [-0.25, -0.2) is 0 Å². The van der Waals surface area contributed by atoms with Gasteiger partial charge in [-0.05, 0) is 24.8 Å². The number of aryl methyl sites for hydroxylation is 1. The number of rotatable bonds is 7. The Kier molecular flexibility index (Phi) is 6.73. The molecule has 3 heteroatoms. The van der Waals surface area contributed by atoms with Crippen LogP contribution < -0.4 is 5.32 Å². The molecule has 112 valence electrons. The topological polar surface area (TPSA) is 38.3 Å². The monoisotopic (exact) mass is 277 g/mol. The minimum absolute atomic E-state index is 0.175. The SMILES string of the molecule is CCC(NC(C(=O)OC)C(C)CC)c1ccc(C)cc1. The van der Waals surface area contributed by atoms with Crippen LogP contribution in [0.1, 0.15) is 50.8 Å². The average Bonchev–Trinajstić information content (AvgIpc) is 2.48. The van der Waals surface area contributed by atoms with Crippen molar-refractivity contribution in [3.8, 4) is 0 Å². The van der Waals surface area contributed by atoms with E-state index in [1.807, 2.05) is 0 Å². The lowest BCUT2D eigenvalue weighted by atomic mass is 9.95. The number of benzene rings is 1. The Hall–Kier alpha value is -1.35. The fraction of sp³-hybridized carbons (Fsp3) is 0.588. The van der Waals surface area contributed by atoms with Crippen LogP contribution in [0.4, 0.5) is 0 Å². The van der Waals surface area contributed by atoms with E-state index in [2.05, 4.69) is 57.3 Å². The highest BCUT2D eigenvalue weighted by atomic mass is 16.5. The molecule has 0 fully saturated rings. The summed E-state index contributed by atoms with van der Waals surface area (Å²) in [5, 5.41) is 3.47. The summed E-state index contributed by atoms with van der Waals surface area (Å²) in [7, 11) is 1.45. The van der Waals surface area contributed by atoms with Gasteiger partial charge in [0.25, 0.3) is 0 Å². The minimum atomic E-state index is -0.253. The Morgan fingerprint density at radius 3 is 2.25 bits per heavy atom. The number of esters is 1. The number of ether oxygens (including phenoxy) is 1. The number of hydrogen-bond donors (Lipinski definition) is 1. The van der Waals surface area contributed by atoms with Crippen molar-refractivity contribution in [2.75, 3.05) is 7.11 Å². The van der Waals surface area contributed by atoms with Crippen LogP contribution in [-0.4, -0.2) is 19.1 Å². The van der Waals surface area contributed by atoms with Crippen molar-refractivity contribution in [3.05, 3.63) is 35.4 Å². The zero-order valence-electron chi connectivity index (χ0n) is 13.3. The summed E-state index contributed by atoms with van der Waals surface area (Å²) in [6, 6.07) is 8.39. The van der Waals surface area contributed by atoms with Crippen molar-refractivity contribution in [2.45, 2.75) is 52.6 Å². The van der Waals surface area contributed by atoms with Crippen molar-refractivity contribution in [2.24, 2.45) is 5.92 Å². The zero-order chi connectivity index (χ0) is 15.1. The first-order valence-electron chi connectivity index (χ1n) is 7.43. The van der Waals surface area contributed by atoms with Crippen LogP contribution in [0.25, 0.3) is 0 Å². The normalized spacial score (nSPS) is 15.4. The van der Waals surface area contributed by atoms with E-state index in [0.29, 0.717) is 0 Å². The fourth-order valence-electron chi connectivity index (χ4n) is 2.29. The Morgan fingerprint density at radius 2 is 1.80 bits per heavy atom. The maximum absolute atomic E-state index is 12.0. The quantitative estimate of drug-likeness (QED) is 0.774. The van der Waals surface area contributed by atoms with Gasteiger partial charge in [-0.2, -0.15) is 0 Å². The van der Waals surface area contributed by atoms with Gasteiger partial charge in [-0.1, -0.05) is 57.0 Å². The molecule has 0 spiro atoms. The van der Waals surface area contributed by atoms with E-state index in [1.165, 1.54) is 18.2 Å². The van der Waals surface area contributed by atoms with E-state index < -0.39 is 0 Å². The lowest BCUT2D eigenvalue weighted by molar-refractivity contribution is -0.144. The largest absolute Gasteiger partial charge is 0.468 e. The van der Waals surface area contributed by atoms with Crippen LogP contribution in [0, 0.1) is 12.8 Å². The summed E-state index contributed by atoms with van der Waals surface area (Å²) in [6.45, 7) is 8.38. The van der Waals surface area contributed by atoms with Crippen LogP contribution in [0.5, 0.6) is 0 Å². The van der Waals surface area contributed by atoms with Crippen LogP contribution in [0.15, 0.2) is 24.3 Å². The van der Waals surface area contributed by atoms with Crippen LogP contribution >= 0.6 is 0 Å². The molecular weight excluding hydrogens is 250 g/mol. The third-order valence-electron chi connectivity index (χ3n) is 3.94. The van der Waals surface area contributed by atoms with Crippen molar-refractivity contribution < 1.29 is 9.53 Å². The Morgan fingerprint density at radius 1 is 1.20 bits per heavy atom. The van der Waals surface area contributed by atoms with E-state index in [0.717, 1.165) is 12.8 Å². The smallest absolute Gasteiger partial charge is 0.323 e. The fourth-order valence-corrected chi connectivity index (χ4v) is 2.29. The second-order valence-electron chi connectivity index (χ2n) is 5.42. The van der Waals surface area contributed by atoms with Crippen molar-refractivity contribution >= 4 is 5.97 Å². The number of carbonyl (C=O) groups excluding carboxylic acids is 1. The molecule has 0 aliphatic rings. The molecule has 0 bridgehead atoms. The lowest BCUT2D eigenvalue weighted by Gasteiger charge is -2.27. The van der Waals surface area contributed by atoms with Gasteiger partial charge < -0.3 is 4.74 Å². The molecule has 20 heavy (non-hydrogen) atoms. The highest BCUT2D eigenvalue weighted by Gasteiger charge is 2.27. The molecule has 0 amide bonds. The van der Waals surface area contributed by atoms with Gasteiger partial charge in [0.05, 0.1) is 7.11 Å². The molecule has 0 radical (unpaired) electrons. The molecule has 0 heterocycles. The Labute approximate surface area is 122 Å². The van der Waals surface area contributed by atoms with Gasteiger partial charge in [-0.15, -0.1) is 0 Å². The molecule has 0 saturated carbocycles. The maximum atomic E-state index is 12.0. The first-order valence-corrected chi connectivity index (χ1v) is 7.43. The molecule has 1 aromatic rings. The summed E-state index contributed by atoms with van der Waals surface area (Å²) in [5.41, 5.74) is 2.46. The van der Waals surface area contributed by atoms with E-state index >= 15 is 0 Å². The second kappa shape index (κ2) is 8.05. The van der Waals surface area contributed by atoms with Crippen molar-refractivity contribution in [3.63, 3.8) is 0 Å². The molecule has 3 atom stereocenters. The first kappa shape index (κ1) is 16.7. The van der Waals surface area contributed by atoms with E-state index in [-0.39, 0.29) is 24.0 Å². The third-order valence-corrected chi connectivity index (χ3v) is 3.94. The third kappa shape index (κ3) is 4.34. The predicted molar refractivity (Wildman–Crippen MR) is 82.6 cm³/mol. The van der Waals surface area contributed by atoms with Crippen molar-refractivity contribution in [1.29, 1.82) is 0 Å². The van der Waals surface area contributed by atoms with Gasteiger partial charge in [0, 0.05) is 6.04 Å². The standard InChI is InChI=1S/C17H27NO2/c1-6-13(4)16(17(19)20-5)18-15(7-2)14-10-8-12(3)9-11-14/h8-11,13,15-16,18H,6-7H2,1-5H3. The summed E-state index contributed by atoms with van der Waals surface area (Å²) < 4.78 is 4.93. The molecular formula is C17H27NO2. The summed E-state index contributed by atoms with van der Waals surface area (Å²) in [6.07, 6.45) is 1.88. The Bertz CT molecular complexity index is 414. The lowest BCUT2D eigenvalue weighted by Crippen LogP contribution is -2.44. The summed E-state index contributed by atoms with van der Waals surface area (Å²) in [5.74, 6) is 0.0758. The molecule has 0 aromatic heterocycles. The highest BCUT2D eigenvalue weighted by molar-refractivity contribution is 5.76. The number of carbonyl (C=O) groups is 1. The summed E-state index contributed by atoms with van der Waals surface area (Å²) >= 11 is 0. The van der Waals surface area contributed by atoms with Crippen LogP contribution in [0.2, 0.25) is 0 Å². The van der Waals surface area contributed by atoms with E-state index in [9.17, 15) is 4.79 Å². The average molecular weight is 277 g/mol. The number of hydrogen-bond acceptors (Lipinski definition) is 3. The number of methoxy groups -OCH3 is 1. The molecule has 3 nitrogen and oxygen atoms in total. The maximum Gasteiger partial charge on any atom is 0.323 e. The summed E-state index contributed by atoms with van der Waals surface area (Å²) in [4.78, 5) is 12.0. The zero-order valence-corrected chi connectivity index (χ0v) is 13.3. The molecule has 1 rings (SSSR count). The molecule has 0 aliphatic heterocycles. The predicted octanol–water partition coefficient (Wildman–Crippen LogP) is 3.62. The van der Waals surface area contributed by atoms with Gasteiger partial charge in [0.15, 0.2) is 0 Å². The van der Waals surface area contributed by atoms with Crippen molar-refractivity contribution in [1.82, 2.24) is 5.32 Å². The minimum Gasteiger partial charge on any atom is -0.468 e. The van der Waals surface area contributed by atoms with Crippen LogP contribution in [0.3, 0.4) is 0 Å². The van der Waals surface area contributed by atoms with Crippen LogP contribution in [-0.2, 0) is 9.53 Å². The highest BCUT2D eigenvalue weighted by Crippen LogP contribution is 2.21.